The Hall–Kier alpha value is -2.46. The van der Waals surface area contributed by atoms with E-state index in [2.05, 4.69) is 15.4 Å². The number of aliphatic hydroxyl groups excluding tert-OH is 1. The molecule has 1 aliphatic rings. The van der Waals surface area contributed by atoms with Crippen LogP contribution < -0.4 is 5.32 Å². The number of nitrogens with zero attached hydrogens (tertiary/aromatic N) is 4. The monoisotopic (exact) mass is 369 g/mol. The molecule has 0 unspecified atom stereocenters. The number of benzene rings is 1. The van der Waals surface area contributed by atoms with E-state index in [1.807, 2.05) is 4.90 Å². The van der Waals surface area contributed by atoms with E-state index in [4.69, 9.17) is 5.11 Å². The third kappa shape index (κ3) is 4.38. The summed E-state index contributed by atoms with van der Waals surface area (Å²) < 4.78 is 40.3. The predicted molar refractivity (Wildman–Crippen MR) is 86.7 cm³/mol. The van der Waals surface area contributed by atoms with Crippen molar-refractivity contribution in [1.82, 2.24) is 19.7 Å². The summed E-state index contributed by atoms with van der Waals surface area (Å²) in [6.07, 6.45) is -0.0563. The van der Waals surface area contributed by atoms with Gasteiger partial charge >= 0.3 is 6.18 Å². The molecular formula is C16H18F3N5O2. The Morgan fingerprint density at radius 2 is 2.15 bits per heavy atom. The van der Waals surface area contributed by atoms with Gasteiger partial charge in [-0.15, -0.1) is 0 Å². The van der Waals surface area contributed by atoms with Crippen LogP contribution in [0.1, 0.15) is 18.4 Å². The molecule has 2 aromatic rings. The first-order valence-electron chi connectivity index (χ1n) is 8.09. The lowest BCUT2D eigenvalue weighted by Crippen LogP contribution is -2.37. The predicted octanol–water partition coefficient (Wildman–Crippen LogP) is 1.68. The average Bonchev–Trinajstić information content (AvgIpc) is 3.28. The van der Waals surface area contributed by atoms with E-state index in [9.17, 15) is 18.0 Å². The molecule has 7 nitrogen and oxygen atoms in total. The highest BCUT2D eigenvalue weighted by molar-refractivity contribution is 5.94. The number of aliphatic hydroxyl groups is 1. The molecule has 1 aliphatic carbocycles. The Labute approximate surface area is 147 Å². The standard InChI is InChI=1S/C16H18F3N5O2/c17-16(18,19)11-1-4-14(24-10-20-9-21-24)13(7-11)22-15(26)8-23(5-6-25)12-2-3-12/h1,4,7,9-10,12,25H,2-3,5-6,8H2,(H,22,26). The van der Waals surface area contributed by atoms with Gasteiger partial charge < -0.3 is 10.4 Å². The molecular weight excluding hydrogens is 351 g/mol. The molecule has 0 aliphatic heterocycles. The summed E-state index contributed by atoms with van der Waals surface area (Å²) in [4.78, 5) is 17.9. The van der Waals surface area contributed by atoms with Gasteiger partial charge in [-0.25, -0.2) is 9.67 Å². The van der Waals surface area contributed by atoms with Gasteiger partial charge in [0.25, 0.3) is 0 Å². The smallest absolute Gasteiger partial charge is 0.395 e. The van der Waals surface area contributed by atoms with Crippen LogP contribution in [0.25, 0.3) is 5.69 Å². The first-order valence-corrected chi connectivity index (χ1v) is 8.09. The minimum Gasteiger partial charge on any atom is -0.395 e. The van der Waals surface area contributed by atoms with E-state index in [0.29, 0.717) is 6.54 Å². The van der Waals surface area contributed by atoms with Crippen LogP contribution in [-0.4, -0.2) is 56.4 Å². The van der Waals surface area contributed by atoms with Crippen molar-refractivity contribution in [3.8, 4) is 5.69 Å². The number of hydrogen-bond acceptors (Lipinski definition) is 5. The van der Waals surface area contributed by atoms with Gasteiger partial charge in [0.05, 0.1) is 30.1 Å². The molecule has 1 heterocycles. The van der Waals surface area contributed by atoms with Gasteiger partial charge in [0, 0.05) is 12.6 Å². The minimum atomic E-state index is -4.53. The molecule has 1 aromatic heterocycles. The maximum Gasteiger partial charge on any atom is 0.416 e. The highest BCUT2D eigenvalue weighted by atomic mass is 19.4. The van der Waals surface area contributed by atoms with E-state index in [1.165, 1.54) is 23.4 Å². The summed E-state index contributed by atoms with van der Waals surface area (Å²) in [5, 5.41) is 15.5. The molecule has 0 atom stereocenters. The molecule has 26 heavy (non-hydrogen) atoms. The lowest BCUT2D eigenvalue weighted by molar-refractivity contribution is -0.137. The highest BCUT2D eigenvalue weighted by Gasteiger charge is 2.32. The Kier molecular flexibility index (Phi) is 5.23. The molecule has 2 N–H and O–H groups in total. The molecule has 140 valence electrons. The van der Waals surface area contributed by atoms with Gasteiger partial charge in [0.2, 0.25) is 5.91 Å². The highest BCUT2D eigenvalue weighted by Crippen LogP contribution is 2.33. The second-order valence-corrected chi connectivity index (χ2v) is 6.04. The Morgan fingerprint density at radius 1 is 1.38 bits per heavy atom. The van der Waals surface area contributed by atoms with Gasteiger partial charge in [0.1, 0.15) is 12.7 Å². The van der Waals surface area contributed by atoms with E-state index in [1.54, 1.807) is 0 Å². The fourth-order valence-corrected chi connectivity index (χ4v) is 2.68. The van der Waals surface area contributed by atoms with E-state index >= 15 is 0 Å². The zero-order valence-corrected chi connectivity index (χ0v) is 13.8. The van der Waals surface area contributed by atoms with Crippen LogP contribution in [0.3, 0.4) is 0 Å². The fourth-order valence-electron chi connectivity index (χ4n) is 2.68. The molecule has 0 radical (unpaired) electrons. The second kappa shape index (κ2) is 7.42. The summed E-state index contributed by atoms with van der Waals surface area (Å²) in [6.45, 7) is 0.256. The average molecular weight is 369 g/mol. The van der Waals surface area contributed by atoms with E-state index in [-0.39, 0.29) is 30.6 Å². The van der Waals surface area contributed by atoms with E-state index in [0.717, 1.165) is 25.0 Å². The number of rotatable bonds is 7. The van der Waals surface area contributed by atoms with E-state index < -0.39 is 17.6 Å². The summed E-state index contributed by atoms with van der Waals surface area (Å²) >= 11 is 0. The van der Waals surface area contributed by atoms with Crippen molar-refractivity contribution in [1.29, 1.82) is 0 Å². The lowest BCUT2D eigenvalue weighted by atomic mass is 10.1. The second-order valence-electron chi connectivity index (χ2n) is 6.04. The summed E-state index contributed by atoms with van der Waals surface area (Å²) in [7, 11) is 0. The molecule has 0 saturated heterocycles. The number of amides is 1. The zero-order valence-electron chi connectivity index (χ0n) is 13.8. The van der Waals surface area contributed by atoms with Crippen molar-refractivity contribution in [2.75, 3.05) is 25.0 Å². The van der Waals surface area contributed by atoms with Crippen LogP contribution in [0.4, 0.5) is 18.9 Å². The van der Waals surface area contributed by atoms with Crippen LogP contribution in [0.2, 0.25) is 0 Å². The molecule has 1 fully saturated rings. The van der Waals surface area contributed by atoms with Crippen molar-refractivity contribution in [3.63, 3.8) is 0 Å². The first kappa shape index (κ1) is 18.3. The van der Waals surface area contributed by atoms with Crippen LogP contribution in [0.5, 0.6) is 0 Å². The van der Waals surface area contributed by atoms with Gasteiger partial charge in [0.15, 0.2) is 0 Å². The number of alkyl halides is 3. The molecule has 0 spiro atoms. The summed E-state index contributed by atoms with van der Waals surface area (Å²) in [6, 6.07) is 3.28. The molecule has 1 saturated carbocycles. The maximum atomic E-state index is 13.0. The topological polar surface area (TPSA) is 83.3 Å². The van der Waals surface area contributed by atoms with Gasteiger partial charge in [-0.2, -0.15) is 18.3 Å². The van der Waals surface area contributed by atoms with Crippen LogP contribution in [0.15, 0.2) is 30.9 Å². The number of anilines is 1. The first-order chi connectivity index (χ1) is 12.4. The van der Waals surface area contributed by atoms with Crippen LogP contribution >= 0.6 is 0 Å². The third-order valence-electron chi connectivity index (χ3n) is 4.06. The minimum absolute atomic E-state index is 0.00172. The molecule has 10 heteroatoms. The van der Waals surface area contributed by atoms with Crippen LogP contribution in [-0.2, 0) is 11.0 Å². The van der Waals surface area contributed by atoms with Crippen molar-refractivity contribution < 1.29 is 23.1 Å². The quantitative estimate of drug-likeness (QED) is 0.776. The molecule has 3 rings (SSSR count). The molecule has 0 bridgehead atoms. The largest absolute Gasteiger partial charge is 0.416 e. The van der Waals surface area contributed by atoms with Gasteiger partial charge in [-0.1, -0.05) is 0 Å². The van der Waals surface area contributed by atoms with Crippen molar-refractivity contribution in [2.24, 2.45) is 0 Å². The van der Waals surface area contributed by atoms with Crippen LogP contribution in [0, 0.1) is 0 Å². The normalized spacial score (nSPS) is 14.7. The number of carbonyl (C=O) groups is 1. The Morgan fingerprint density at radius 3 is 2.73 bits per heavy atom. The number of nitrogens with one attached hydrogen (secondary N) is 1. The third-order valence-corrected chi connectivity index (χ3v) is 4.06. The maximum absolute atomic E-state index is 13.0. The molecule has 1 aromatic carbocycles. The molecule has 1 amide bonds. The van der Waals surface area contributed by atoms with Gasteiger partial charge in [-0.05, 0) is 31.0 Å². The summed E-state index contributed by atoms with van der Waals surface area (Å²) in [5.74, 6) is -0.453. The Balaban J connectivity index is 1.83. The van der Waals surface area contributed by atoms with Crippen molar-refractivity contribution in [3.05, 3.63) is 36.4 Å². The number of carbonyl (C=O) groups excluding carboxylic acids is 1. The van der Waals surface area contributed by atoms with Crippen molar-refractivity contribution >= 4 is 11.6 Å². The fraction of sp³-hybridized carbons (Fsp3) is 0.438. The number of aromatic nitrogens is 3. The number of hydrogen-bond donors (Lipinski definition) is 2. The number of halogens is 3. The van der Waals surface area contributed by atoms with Gasteiger partial charge in [-0.3, -0.25) is 9.69 Å². The SMILES string of the molecule is O=C(CN(CCO)C1CC1)Nc1cc(C(F)(F)F)ccc1-n1cncn1. The summed E-state index contributed by atoms with van der Waals surface area (Å²) in [5.41, 5.74) is -0.592. The Bertz CT molecular complexity index is 760. The zero-order chi connectivity index (χ0) is 18.7. The lowest BCUT2D eigenvalue weighted by Gasteiger charge is -2.21. The van der Waals surface area contributed by atoms with Crippen molar-refractivity contribution in [2.45, 2.75) is 25.1 Å².